The molecule has 0 radical (unpaired) electrons. The number of guanidine groups is 1. The van der Waals surface area contributed by atoms with E-state index in [0.717, 1.165) is 51.6 Å². The number of piperidine rings is 1. The van der Waals surface area contributed by atoms with Crippen molar-refractivity contribution < 1.29 is 9.84 Å². The molecular formula is C17H36N4O2. The first-order valence-corrected chi connectivity index (χ1v) is 9.04. The molecule has 6 heteroatoms. The van der Waals surface area contributed by atoms with Gasteiger partial charge in [-0.1, -0.05) is 6.92 Å². The van der Waals surface area contributed by atoms with Crippen molar-refractivity contribution in [2.24, 2.45) is 10.9 Å². The lowest BCUT2D eigenvalue weighted by Gasteiger charge is -2.33. The highest BCUT2D eigenvalue weighted by atomic mass is 16.5. The van der Waals surface area contributed by atoms with E-state index in [2.05, 4.69) is 41.3 Å². The predicted molar refractivity (Wildman–Crippen MR) is 95.9 cm³/mol. The zero-order valence-electron chi connectivity index (χ0n) is 15.3. The second-order valence-electron chi connectivity index (χ2n) is 6.69. The summed E-state index contributed by atoms with van der Waals surface area (Å²) >= 11 is 0. The smallest absolute Gasteiger partial charge is 0.191 e. The fraction of sp³-hybridized carbons (Fsp3) is 0.941. The molecule has 0 aromatic carbocycles. The highest BCUT2D eigenvalue weighted by Crippen LogP contribution is 2.10. The Morgan fingerprint density at radius 2 is 2.00 bits per heavy atom. The van der Waals surface area contributed by atoms with Gasteiger partial charge in [0.05, 0.1) is 12.7 Å². The van der Waals surface area contributed by atoms with Crippen molar-refractivity contribution in [3.63, 3.8) is 0 Å². The molecule has 0 amide bonds. The van der Waals surface area contributed by atoms with Crippen LogP contribution in [0.4, 0.5) is 0 Å². The maximum atomic E-state index is 9.11. The Morgan fingerprint density at radius 3 is 2.57 bits per heavy atom. The third kappa shape index (κ3) is 9.13. The Morgan fingerprint density at radius 1 is 1.30 bits per heavy atom. The fourth-order valence-electron chi connectivity index (χ4n) is 2.54. The number of likely N-dealkylation sites (tertiary alicyclic amines) is 1. The summed E-state index contributed by atoms with van der Waals surface area (Å²) in [5, 5.41) is 15.9. The first-order chi connectivity index (χ1) is 11.0. The molecule has 1 saturated heterocycles. The molecule has 1 aliphatic heterocycles. The van der Waals surface area contributed by atoms with Crippen LogP contribution in [-0.2, 0) is 4.74 Å². The third-order valence-corrected chi connectivity index (χ3v) is 4.00. The lowest BCUT2D eigenvalue weighted by Crippen LogP contribution is -2.49. The van der Waals surface area contributed by atoms with Gasteiger partial charge in [0.2, 0.25) is 0 Å². The van der Waals surface area contributed by atoms with Gasteiger partial charge < -0.3 is 25.4 Å². The summed E-state index contributed by atoms with van der Waals surface area (Å²) in [7, 11) is 0. The molecule has 1 unspecified atom stereocenters. The van der Waals surface area contributed by atoms with Gasteiger partial charge in [-0.2, -0.15) is 0 Å². The topological polar surface area (TPSA) is 69.1 Å². The average Bonchev–Trinajstić information content (AvgIpc) is 2.53. The largest absolute Gasteiger partial charge is 0.396 e. The van der Waals surface area contributed by atoms with Crippen molar-refractivity contribution in [1.29, 1.82) is 0 Å². The Bertz CT molecular complexity index is 329. The molecule has 0 spiro atoms. The SMILES string of the molecule is CCNC(=NCC(C)CO)NC1CCN(CCOC(C)C)CC1. The number of hydrogen-bond donors (Lipinski definition) is 3. The average molecular weight is 329 g/mol. The molecule has 1 fully saturated rings. The summed E-state index contributed by atoms with van der Waals surface area (Å²) in [5.74, 6) is 1.07. The van der Waals surface area contributed by atoms with Crippen LogP contribution >= 0.6 is 0 Å². The molecule has 1 atom stereocenters. The van der Waals surface area contributed by atoms with Crippen LogP contribution in [0.5, 0.6) is 0 Å². The normalized spacial score (nSPS) is 19.1. The zero-order chi connectivity index (χ0) is 17.1. The highest BCUT2D eigenvalue weighted by molar-refractivity contribution is 5.80. The third-order valence-electron chi connectivity index (χ3n) is 4.00. The Kier molecular flexibility index (Phi) is 10.2. The van der Waals surface area contributed by atoms with E-state index in [0.29, 0.717) is 18.7 Å². The van der Waals surface area contributed by atoms with Crippen LogP contribution in [0.3, 0.4) is 0 Å². The van der Waals surface area contributed by atoms with Gasteiger partial charge in [0.15, 0.2) is 5.96 Å². The van der Waals surface area contributed by atoms with Gasteiger partial charge in [0.25, 0.3) is 0 Å². The van der Waals surface area contributed by atoms with Crippen molar-refractivity contribution in [2.45, 2.75) is 52.7 Å². The number of hydrogen-bond acceptors (Lipinski definition) is 4. The summed E-state index contributed by atoms with van der Waals surface area (Å²) in [4.78, 5) is 7.04. The molecule has 0 bridgehead atoms. The second-order valence-corrected chi connectivity index (χ2v) is 6.69. The van der Waals surface area contributed by atoms with Gasteiger partial charge in [0, 0.05) is 45.4 Å². The van der Waals surface area contributed by atoms with Crippen LogP contribution in [0.2, 0.25) is 0 Å². The predicted octanol–water partition coefficient (Wildman–Crippen LogP) is 1.06. The van der Waals surface area contributed by atoms with E-state index in [9.17, 15) is 0 Å². The molecule has 136 valence electrons. The van der Waals surface area contributed by atoms with Crippen LogP contribution in [-0.4, -0.2) is 74.0 Å². The molecule has 0 aromatic rings. The van der Waals surface area contributed by atoms with E-state index in [1.165, 1.54) is 0 Å². The summed E-state index contributed by atoms with van der Waals surface area (Å²) in [5.41, 5.74) is 0. The van der Waals surface area contributed by atoms with Crippen molar-refractivity contribution >= 4 is 5.96 Å². The van der Waals surface area contributed by atoms with Crippen LogP contribution in [0.25, 0.3) is 0 Å². The molecule has 1 aliphatic rings. The Balaban J connectivity index is 2.31. The van der Waals surface area contributed by atoms with Crippen molar-refractivity contribution in [2.75, 3.05) is 45.9 Å². The quantitative estimate of drug-likeness (QED) is 0.436. The van der Waals surface area contributed by atoms with Gasteiger partial charge in [-0.15, -0.1) is 0 Å². The van der Waals surface area contributed by atoms with Crippen LogP contribution in [0, 0.1) is 5.92 Å². The fourth-order valence-corrected chi connectivity index (χ4v) is 2.54. The maximum absolute atomic E-state index is 9.11. The monoisotopic (exact) mass is 328 g/mol. The summed E-state index contributed by atoms with van der Waals surface area (Å²) < 4.78 is 5.63. The van der Waals surface area contributed by atoms with E-state index in [1.807, 2.05) is 6.92 Å². The molecule has 0 aromatic heterocycles. The summed E-state index contributed by atoms with van der Waals surface area (Å²) in [6.45, 7) is 14.0. The van der Waals surface area contributed by atoms with E-state index in [4.69, 9.17) is 9.84 Å². The molecule has 0 aliphatic carbocycles. The highest BCUT2D eigenvalue weighted by Gasteiger charge is 2.19. The van der Waals surface area contributed by atoms with E-state index in [1.54, 1.807) is 0 Å². The maximum Gasteiger partial charge on any atom is 0.191 e. The number of aliphatic hydroxyl groups excluding tert-OH is 1. The molecule has 0 saturated carbocycles. The minimum atomic E-state index is 0.180. The first-order valence-electron chi connectivity index (χ1n) is 9.04. The Labute approximate surface area is 141 Å². The van der Waals surface area contributed by atoms with Gasteiger partial charge in [0.1, 0.15) is 0 Å². The summed E-state index contributed by atoms with van der Waals surface area (Å²) in [6, 6.07) is 0.472. The van der Waals surface area contributed by atoms with Crippen molar-refractivity contribution in [3.8, 4) is 0 Å². The molecular weight excluding hydrogens is 292 g/mol. The second kappa shape index (κ2) is 11.6. The molecule has 23 heavy (non-hydrogen) atoms. The minimum Gasteiger partial charge on any atom is -0.396 e. The standard InChI is InChI=1S/C17H36N4O2/c1-5-18-17(19-12-15(4)13-22)20-16-6-8-21(9-7-16)10-11-23-14(2)3/h14-16,22H,5-13H2,1-4H3,(H2,18,19,20). The van der Waals surface area contributed by atoms with Crippen molar-refractivity contribution in [1.82, 2.24) is 15.5 Å². The minimum absolute atomic E-state index is 0.180. The lowest BCUT2D eigenvalue weighted by atomic mass is 10.1. The number of nitrogens with one attached hydrogen (secondary N) is 2. The molecule has 1 heterocycles. The molecule has 6 nitrogen and oxygen atoms in total. The summed E-state index contributed by atoms with van der Waals surface area (Å²) in [6.07, 6.45) is 2.57. The van der Waals surface area contributed by atoms with E-state index < -0.39 is 0 Å². The molecule has 3 N–H and O–H groups in total. The van der Waals surface area contributed by atoms with Gasteiger partial charge in [-0.05, 0) is 39.5 Å². The zero-order valence-corrected chi connectivity index (χ0v) is 15.3. The van der Waals surface area contributed by atoms with Crippen molar-refractivity contribution in [3.05, 3.63) is 0 Å². The van der Waals surface area contributed by atoms with Gasteiger partial charge in [-0.3, -0.25) is 4.99 Å². The Hall–Kier alpha value is -0.850. The number of aliphatic hydroxyl groups is 1. The number of nitrogens with zero attached hydrogens (tertiary/aromatic N) is 2. The van der Waals surface area contributed by atoms with Crippen LogP contribution in [0.15, 0.2) is 4.99 Å². The molecule has 1 rings (SSSR count). The van der Waals surface area contributed by atoms with Crippen LogP contribution < -0.4 is 10.6 Å². The number of ether oxygens (including phenoxy) is 1. The van der Waals surface area contributed by atoms with E-state index >= 15 is 0 Å². The van der Waals surface area contributed by atoms with Crippen LogP contribution in [0.1, 0.15) is 40.5 Å². The van der Waals surface area contributed by atoms with E-state index in [-0.39, 0.29) is 12.5 Å². The van der Waals surface area contributed by atoms with Gasteiger partial charge >= 0.3 is 0 Å². The lowest BCUT2D eigenvalue weighted by molar-refractivity contribution is 0.0532. The first kappa shape index (κ1) is 20.2. The number of aliphatic imine (C=N–C) groups is 1. The number of rotatable bonds is 9. The van der Waals surface area contributed by atoms with Gasteiger partial charge in [-0.25, -0.2) is 0 Å².